The summed E-state index contributed by atoms with van der Waals surface area (Å²) >= 11 is 1.41. The number of carbonyl (C=O) groups excluding carboxylic acids is 2. The van der Waals surface area contributed by atoms with E-state index in [2.05, 4.69) is 0 Å². The summed E-state index contributed by atoms with van der Waals surface area (Å²) in [5.74, 6) is -0.328. The number of esters is 1. The fourth-order valence-electron chi connectivity index (χ4n) is 2.18. The van der Waals surface area contributed by atoms with Crippen LogP contribution >= 0.6 is 11.3 Å². The molecule has 0 bridgehead atoms. The molecule has 4 nitrogen and oxygen atoms in total. The number of rotatable bonds is 7. The Balaban J connectivity index is 2.08. The lowest BCUT2D eigenvalue weighted by Gasteiger charge is -2.22. The van der Waals surface area contributed by atoms with Crippen LogP contribution in [0.15, 0.2) is 41.8 Å². The van der Waals surface area contributed by atoms with Gasteiger partial charge in [-0.25, -0.2) is 0 Å². The lowest BCUT2D eigenvalue weighted by molar-refractivity contribution is -0.143. The molecule has 122 valence electrons. The number of nitrogens with zero attached hydrogens (tertiary/aromatic N) is 1. The summed E-state index contributed by atoms with van der Waals surface area (Å²) in [6.07, 6.45) is 0.205. The van der Waals surface area contributed by atoms with Gasteiger partial charge in [0.2, 0.25) is 0 Å². The number of hydrogen-bond donors (Lipinski definition) is 0. The molecule has 0 N–H and O–H groups in total. The largest absolute Gasteiger partial charge is 0.466 e. The maximum Gasteiger partial charge on any atom is 0.307 e. The van der Waals surface area contributed by atoms with E-state index in [4.69, 9.17) is 4.74 Å². The van der Waals surface area contributed by atoms with E-state index in [0.29, 0.717) is 24.6 Å². The van der Waals surface area contributed by atoms with Crippen molar-refractivity contribution in [1.29, 1.82) is 0 Å². The van der Waals surface area contributed by atoms with Crippen LogP contribution in [0.25, 0.3) is 0 Å². The molecule has 0 aliphatic carbocycles. The summed E-state index contributed by atoms with van der Waals surface area (Å²) in [5.41, 5.74) is 2.22. The smallest absolute Gasteiger partial charge is 0.307 e. The lowest BCUT2D eigenvalue weighted by Crippen LogP contribution is -2.32. The van der Waals surface area contributed by atoms with Crippen LogP contribution in [0.4, 0.5) is 0 Å². The van der Waals surface area contributed by atoms with Crippen LogP contribution in [0, 0.1) is 6.92 Å². The lowest BCUT2D eigenvalue weighted by atomic mass is 10.1. The summed E-state index contributed by atoms with van der Waals surface area (Å²) in [4.78, 5) is 26.6. The minimum absolute atomic E-state index is 0.0510. The predicted octanol–water partition coefficient (Wildman–Crippen LogP) is 3.65. The summed E-state index contributed by atoms with van der Waals surface area (Å²) in [7, 11) is 0. The number of amides is 1. The SMILES string of the molecule is CCOC(=O)CCN(Cc1ccc(C)cc1)C(=O)c1cccs1. The Kier molecular flexibility index (Phi) is 6.35. The number of carbonyl (C=O) groups is 2. The van der Waals surface area contributed by atoms with Gasteiger partial charge < -0.3 is 9.64 Å². The molecule has 23 heavy (non-hydrogen) atoms. The van der Waals surface area contributed by atoms with Gasteiger partial charge in [0, 0.05) is 13.1 Å². The van der Waals surface area contributed by atoms with Crippen LogP contribution in [-0.2, 0) is 16.1 Å². The van der Waals surface area contributed by atoms with Gasteiger partial charge in [0.15, 0.2) is 0 Å². The molecule has 0 saturated carbocycles. The molecule has 1 aromatic heterocycles. The molecule has 1 aromatic carbocycles. The summed E-state index contributed by atoms with van der Waals surface area (Å²) in [5, 5.41) is 1.88. The molecule has 0 radical (unpaired) electrons. The van der Waals surface area contributed by atoms with Crippen LogP contribution in [-0.4, -0.2) is 29.9 Å². The average Bonchev–Trinajstić information content (AvgIpc) is 3.07. The number of aryl methyl sites for hydroxylation is 1. The first-order valence-corrected chi connectivity index (χ1v) is 8.52. The Labute approximate surface area is 140 Å². The van der Waals surface area contributed by atoms with Crippen molar-refractivity contribution in [2.45, 2.75) is 26.8 Å². The molecule has 0 saturated heterocycles. The molecule has 2 aromatic rings. The zero-order valence-electron chi connectivity index (χ0n) is 13.5. The van der Waals surface area contributed by atoms with Crippen LogP contribution in [0.5, 0.6) is 0 Å². The molecule has 0 fully saturated rings. The van der Waals surface area contributed by atoms with Gasteiger partial charge in [-0.15, -0.1) is 11.3 Å². The van der Waals surface area contributed by atoms with Crippen LogP contribution in [0.2, 0.25) is 0 Å². The minimum atomic E-state index is -0.277. The third kappa shape index (κ3) is 5.21. The zero-order valence-corrected chi connectivity index (χ0v) is 14.3. The highest BCUT2D eigenvalue weighted by Crippen LogP contribution is 2.15. The first-order chi connectivity index (χ1) is 11.1. The van der Waals surface area contributed by atoms with Gasteiger partial charge >= 0.3 is 5.97 Å². The third-order valence-corrected chi connectivity index (χ3v) is 4.26. The summed E-state index contributed by atoms with van der Waals surface area (Å²) in [6, 6.07) is 11.7. The zero-order chi connectivity index (χ0) is 16.7. The molecular formula is C18H21NO3S. The van der Waals surface area contributed by atoms with Crippen molar-refractivity contribution in [3.05, 3.63) is 57.8 Å². The van der Waals surface area contributed by atoms with E-state index in [9.17, 15) is 9.59 Å². The summed E-state index contributed by atoms with van der Waals surface area (Å²) in [6.45, 7) is 4.99. The molecule has 0 spiro atoms. The van der Waals surface area contributed by atoms with Gasteiger partial charge in [-0.2, -0.15) is 0 Å². The minimum Gasteiger partial charge on any atom is -0.466 e. The van der Waals surface area contributed by atoms with Gasteiger partial charge in [0.05, 0.1) is 17.9 Å². The maximum atomic E-state index is 12.6. The Hall–Kier alpha value is -2.14. The molecule has 1 amide bonds. The second-order valence-electron chi connectivity index (χ2n) is 5.24. The molecule has 2 rings (SSSR count). The normalized spacial score (nSPS) is 10.3. The number of hydrogen-bond acceptors (Lipinski definition) is 4. The van der Waals surface area contributed by atoms with Crippen molar-refractivity contribution in [2.24, 2.45) is 0 Å². The van der Waals surface area contributed by atoms with Crippen LogP contribution in [0.3, 0.4) is 0 Å². The van der Waals surface area contributed by atoms with E-state index in [0.717, 1.165) is 5.56 Å². The predicted molar refractivity (Wildman–Crippen MR) is 91.5 cm³/mol. The quantitative estimate of drug-likeness (QED) is 0.728. The maximum absolute atomic E-state index is 12.6. The van der Waals surface area contributed by atoms with Crippen molar-refractivity contribution < 1.29 is 14.3 Å². The first kappa shape index (κ1) is 17.2. The third-order valence-electron chi connectivity index (χ3n) is 3.40. The van der Waals surface area contributed by atoms with Crippen molar-refractivity contribution in [2.75, 3.05) is 13.2 Å². The van der Waals surface area contributed by atoms with Crippen LogP contribution < -0.4 is 0 Å². The topological polar surface area (TPSA) is 46.6 Å². The average molecular weight is 331 g/mol. The number of thiophene rings is 1. The fourth-order valence-corrected chi connectivity index (χ4v) is 2.87. The number of benzene rings is 1. The monoisotopic (exact) mass is 331 g/mol. The van der Waals surface area contributed by atoms with Crippen LogP contribution in [0.1, 0.15) is 34.1 Å². The van der Waals surface area contributed by atoms with E-state index >= 15 is 0 Å². The van der Waals surface area contributed by atoms with Crippen molar-refractivity contribution in [1.82, 2.24) is 4.90 Å². The Morgan fingerprint density at radius 1 is 1.17 bits per heavy atom. The van der Waals surface area contributed by atoms with E-state index in [1.165, 1.54) is 16.9 Å². The number of ether oxygens (including phenoxy) is 1. The second kappa shape index (κ2) is 8.48. The first-order valence-electron chi connectivity index (χ1n) is 7.64. The highest BCUT2D eigenvalue weighted by atomic mass is 32.1. The highest BCUT2D eigenvalue weighted by Gasteiger charge is 2.18. The molecule has 5 heteroatoms. The van der Waals surface area contributed by atoms with E-state index in [1.807, 2.05) is 42.6 Å². The molecular weight excluding hydrogens is 310 g/mol. The summed E-state index contributed by atoms with van der Waals surface area (Å²) < 4.78 is 4.95. The van der Waals surface area contributed by atoms with Gasteiger partial charge in [-0.1, -0.05) is 35.9 Å². The van der Waals surface area contributed by atoms with Gasteiger partial charge in [-0.05, 0) is 30.9 Å². The molecule has 1 heterocycles. The molecule has 0 atom stereocenters. The second-order valence-corrected chi connectivity index (χ2v) is 6.19. The Morgan fingerprint density at radius 2 is 1.91 bits per heavy atom. The van der Waals surface area contributed by atoms with Gasteiger partial charge in [0.25, 0.3) is 5.91 Å². The van der Waals surface area contributed by atoms with Crippen molar-refractivity contribution >= 4 is 23.2 Å². The highest BCUT2D eigenvalue weighted by molar-refractivity contribution is 7.12. The fraction of sp³-hybridized carbons (Fsp3) is 0.333. The standard InChI is InChI=1S/C18H21NO3S/c1-3-22-17(20)10-11-19(18(21)16-5-4-12-23-16)13-15-8-6-14(2)7-9-15/h4-9,12H,3,10-11,13H2,1-2H3. The molecule has 0 aliphatic heterocycles. The Bertz CT molecular complexity index is 635. The van der Waals surface area contributed by atoms with Gasteiger partial charge in [-0.3, -0.25) is 9.59 Å². The van der Waals surface area contributed by atoms with E-state index < -0.39 is 0 Å². The molecule has 0 aliphatic rings. The molecule has 0 unspecified atom stereocenters. The van der Waals surface area contributed by atoms with Crippen molar-refractivity contribution in [3.8, 4) is 0 Å². The van der Waals surface area contributed by atoms with Crippen molar-refractivity contribution in [3.63, 3.8) is 0 Å². The van der Waals surface area contributed by atoms with E-state index in [1.54, 1.807) is 17.9 Å². The van der Waals surface area contributed by atoms with Gasteiger partial charge in [0.1, 0.15) is 0 Å². The van der Waals surface area contributed by atoms with E-state index in [-0.39, 0.29) is 18.3 Å². The Morgan fingerprint density at radius 3 is 2.52 bits per heavy atom.